The third-order valence-corrected chi connectivity index (χ3v) is 3.16. The fourth-order valence-electron chi connectivity index (χ4n) is 0.657. The fourth-order valence-corrected chi connectivity index (χ4v) is 1.71. The van der Waals surface area contributed by atoms with E-state index in [1.165, 1.54) is 0 Å². The molecule has 3 heteroatoms. The molecule has 0 aliphatic carbocycles. The first-order chi connectivity index (χ1) is 5.20. The lowest BCUT2D eigenvalue weighted by Gasteiger charge is -2.13. The van der Waals surface area contributed by atoms with Gasteiger partial charge in [-0.2, -0.15) is 11.8 Å². The summed E-state index contributed by atoms with van der Waals surface area (Å²) >= 11 is 1.91. The van der Waals surface area contributed by atoms with Crippen molar-refractivity contribution in [3.63, 3.8) is 0 Å². The Morgan fingerprint density at radius 2 is 2.09 bits per heavy atom. The standard InChI is InChI=1S/C8H19NOS/c1-7(9-3)6-11-8(2)4-5-10/h7-10H,4-6H2,1-3H3. The van der Waals surface area contributed by atoms with Gasteiger partial charge in [-0.25, -0.2) is 0 Å². The maximum atomic E-state index is 8.63. The topological polar surface area (TPSA) is 32.3 Å². The van der Waals surface area contributed by atoms with Gasteiger partial charge in [-0.1, -0.05) is 6.92 Å². The molecule has 0 bridgehead atoms. The van der Waals surface area contributed by atoms with Crippen molar-refractivity contribution in [2.45, 2.75) is 31.6 Å². The number of hydrogen-bond acceptors (Lipinski definition) is 3. The molecular formula is C8H19NOS. The van der Waals surface area contributed by atoms with Gasteiger partial charge >= 0.3 is 0 Å². The van der Waals surface area contributed by atoms with E-state index in [4.69, 9.17) is 5.11 Å². The molecule has 0 heterocycles. The average Bonchev–Trinajstić information content (AvgIpc) is 2.01. The molecule has 0 saturated heterocycles. The molecule has 0 fully saturated rings. The summed E-state index contributed by atoms with van der Waals surface area (Å²) in [5.41, 5.74) is 0. The maximum absolute atomic E-state index is 8.63. The summed E-state index contributed by atoms with van der Waals surface area (Å²) in [6.45, 7) is 4.63. The zero-order valence-corrected chi connectivity index (χ0v) is 8.45. The SMILES string of the molecule is CNC(C)CSC(C)CCO. The molecule has 2 N–H and O–H groups in total. The number of rotatable bonds is 6. The third-order valence-electron chi connectivity index (χ3n) is 1.66. The van der Waals surface area contributed by atoms with E-state index in [0.29, 0.717) is 17.9 Å². The van der Waals surface area contributed by atoms with E-state index in [-0.39, 0.29) is 0 Å². The maximum Gasteiger partial charge on any atom is 0.0441 e. The molecule has 0 aromatic rings. The van der Waals surface area contributed by atoms with Gasteiger partial charge in [0.05, 0.1) is 0 Å². The van der Waals surface area contributed by atoms with Gasteiger partial charge < -0.3 is 10.4 Å². The van der Waals surface area contributed by atoms with Crippen LogP contribution in [-0.2, 0) is 0 Å². The Bertz CT molecular complexity index is 90.2. The van der Waals surface area contributed by atoms with Crippen molar-refractivity contribution >= 4 is 11.8 Å². The Balaban J connectivity index is 3.22. The second-order valence-electron chi connectivity index (χ2n) is 2.85. The molecule has 0 spiro atoms. The molecule has 2 atom stereocenters. The van der Waals surface area contributed by atoms with E-state index in [1.807, 2.05) is 18.8 Å². The average molecular weight is 177 g/mol. The van der Waals surface area contributed by atoms with Crippen LogP contribution in [0.4, 0.5) is 0 Å². The lowest BCUT2D eigenvalue weighted by atomic mass is 10.3. The first kappa shape index (κ1) is 11.3. The molecule has 0 rings (SSSR count). The summed E-state index contributed by atoms with van der Waals surface area (Å²) in [6.07, 6.45) is 0.904. The molecule has 0 aliphatic heterocycles. The van der Waals surface area contributed by atoms with Crippen molar-refractivity contribution in [2.24, 2.45) is 0 Å². The Morgan fingerprint density at radius 1 is 1.45 bits per heavy atom. The molecule has 0 radical (unpaired) electrons. The Labute approximate surface area is 73.8 Å². The largest absolute Gasteiger partial charge is 0.396 e. The first-order valence-electron chi connectivity index (χ1n) is 4.10. The highest BCUT2D eigenvalue weighted by molar-refractivity contribution is 7.99. The highest BCUT2D eigenvalue weighted by Gasteiger charge is 2.03. The van der Waals surface area contributed by atoms with Crippen LogP contribution in [0.1, 0.15) is 20.3 Å². The Kier molecular flexibility index (Phi) is 7.12. The number of aliphatic hydroxyl groups excluding tert-OH is 1. The van der Waals surface area contributed by atoms with E-state index in [9.17, 15) is 0 Å². The van der Waals surface area contributed by atoms with Crippen molar-refractivity contribution in [3.05, 3.63) is 0 Å². The third kappa shape index (κ3) is 6.66. The van der Waals surface area contributed by atoms with Crippen LogP contribution in [-0.4, -0.2) is 35.8 Å². The summed E-state index contributed by atoms with van der Waals surface area (Å²) in [6, 6.07) is 0.571. The van der Waals surface area contributed by atoms with Crippen LogP contribution < -0.4 is 5.32 Å². The van der Waals surface area contributed by atoms with Crippen LogP contribution in [0.3, 0.4) is 0 Å². The molecular weight excluding hydrogens is 158 g/mol. The van der Waals surface area contributed by atoms with Gasteiger partial charge in [-0.3, -0.25) is 0 Å². The predicted octanol–water partition coefficient (Wildman–Crippen LogP) is 1.10. The van der Waals surface area contributed by atoms with Gasteiger partial charge in [-0.15, -0.1) is 0 Å². The van der Waals surface area contributed by atoms with Gasteiger partial charge in [0.25, 0.3) is 0 Å². The summed E-state index contributed by atoms with van der Waals surface area (Å²) in [5, 5.41) is 12.4. The van der Waals surface area contributed by atoms with Gasteiger partial charge in [0.15, 0.2) is 0 Å². The van der Waals surface area contributed by atoms with Crippen LogP contribution in [0, 0.1) is 0 Å². The Hall–Kier alpha value is 0.270. The fraction of sp³-hybridized carbons (Fsp3) is 1.00. The van der Waals surface area contributed by atoms with Gasteiger partial charge in [0, 0.05) is 23.7 Å². The first-order valence-corrected chi connectivity index (χ1v) is 5.15. The van der Waals surface area contributed by atoms with Gasteiger partial charge in [0.2, 0.25) is 0 Å². The highest BCUT2D eigenvalue weighted by Crippen LogP contribution is 2.14. The molecule has 2 unspecified atom stereocenters. The quantitative estimate of drug-likeness (QED) is 0.637. The monoisotopic (exact) mass is 177 g/mol. The lowest BCUT2D eigenvalue weighted by Crippen LogP contribution is -2.24. The van der Waals surface area contributed by atoms with E-state index in [1.54, 1.807) is 0 Å². The number of aliphatic hydroxyl groups is 1. The van der Waals surface area contributed by atoms with Crippen molar-refractivity contribution in [1.82, 2.24) is 5.32 Å². The molecule has 0 aliphatic rings. The molecule has 68 valence electrons. The predicted molar refractivity (Wildman–Crippen MR) is 52.1 cm³/mol. The van der Waals surface area contributed by atoms with Crippen LogP contribution in [0.15, 0.2) is 0 Å². The second kappa shape index (κ2) is 6.95. The van der Waals surface area contributed by atoms with Gasteiger partial charge in [0.1, 0.15) is 0 Å². The number of thioether (sulfide) groups is 1. The molecule has 11 heavy (non-hydrogen) atoms. The number of hydrogen-bond donors (Lipinski definition) is 2. The smallest absolute Gasteiger partial charge is 0.0441 e. The second-order valence-corrected chi connectivity index (χ2v) is 4.32. The van der Waals surface area contributed by atoms with E-state index < -0.39 is 0 Å². The molecule has 0 aromatic heterocycles. The normalized spacial score (nSPS) is 16.4. The zero-order valence-electron chi connectivity index (χ0n) is 7.63. The molecule has 0 amide bonds. The minimum absolute atomic E-state index is 0.308. The minimum atomic E-state index is 0.308. The molecule has 0 aromatic carbocycles. The summed E-state index contributed by atoms with van der Waals surface area (Å²) in [4.78, 5) is 0. The summed E-state index contributed by atoms with van der Waals surface area (Å²) < 4.78 is 0. The summed E-state index contributed by atoms with van der Waals surface area (Å²) in [7, 11) is 1.97. The van der Waals surface area contributed by atoms with E-state index >= 15 is 0 Å². The zero-order chi connectivity index (χ0) is 8.69. The van der Waals surface area contributed by atoms with Crippen LogP contribution in [0.5, 0.6) is 0 Å². The lowest BCUT2D eigenvalue weighted by molar-refractivity contribution is 0.289. The van der Waals surface area contributed by atoms with Crippen LogP contribution in [0.25, 0.3) is 0 Å². The van der Waals surface area contributed by atoms with Crippen molar-refractivity contribution in [2.75, 3.05) is 19.4 Å². The minimum Gasteiger partial charge on any atom is -0.396 e. The molecule has 0 saturated carbocycles. The van der Waals surface area contributed by atoms with Crippen LogP contribution in [0.2, 0.25) is 0 Å². The summed E-state index contributed by atoms with van der Waals surface area (Å²) in [5.74, 6) is 1.12. The molecule has 2 nitrogen and oxygen atoms in total. The Morgan fingerprint density at radius 3 is 2.55 bits per heavy atom. The van der Waals surface area contributed by atoms with E-state index in [2.05, 4.69) is 19.2 Å². The van der Waals surface area contributed by atoms with Crippen molar-refractivity contribution in [3.8, 4) is 0 Å². The number of nitrogens with one attached hydrogen (secondary N) is 1. The highest BCUT2D eigenvalue weighted by atomic mass is 32.2. The van der Waals surface area contributed by atoms with Crippen molar-refractivity contribution in [1.29, 1.82) is 0 Å². The van der Waals surface area contributed by atoms with Crippen LogP contribution >= 0.6 is 11.8 Å². The van der Waals surface area contributed by atoms with Crippen molar-refractivity contribution < 1.29 is 5.11 Å². The van der Waals surface area contributed by atoms with Gasteiger partial charge in [-0.05, 0) is 20.4 Å². The van der Waals surface area contributed by atoms with E-state index in [0.717, 1.165) is 12.2 Å².